The van der Waals surface area contributed by atoms with Gasteiger partial charge in [-0.15, -0.1) is 0 Å². The van der Waals surface area contributed by atoms with Crippen LogP contribution in [-0.4, -0.2) is 23.8 Å². The Morgan fingerprint density at radius 1 is 1.47 bits per heavy atom. The molecule has 4 nitrogen and oxygen atoms in total. The Labute approximate surface area is 115 Å². The van der Waals surface area contributed by atoms with Gasteiger partial charge in [-0.2, -0.15) is 0 Å². The summed E-state index contributed by atoms with van der Waals surface area (Å²) in [4.78, 5) is 0. The van der Waals surface area contributed by atoms with Crippen molar-refractivity contribution in [1.29, 1.82) is 0 Å². The Kier molecular flexibility index (Phi) is 4.66. The minimum absolute atomic E-state index is 0.0246. The highest BCUT2D eigenvalue weighted by Crippen LogP contribution is 2.47. The van der Waals surface area contributed by atoms with Crippen molar-refractivity contribution in [1.82, 2.24) is 5.32 Å². The van der Waals surface area contributed by atoms with E-state index in [4.69, 9.17) is 10.2 Å². The van der Waals surface area contributed by atoms with Gasteiger partial charge >= 0.3 is 0 Å². The number of hydrogen-bond donors (Lipinski definition) is 3. The molecule has 19 heavy (non-hydrogen) atoms. The quantitative estimate of drug-likeness (QED) is 0.707. The van der Waals surface area contributed by atoms with E-state index in [0.29, 0.717) is 18.9 Å². The highest BCUT2D eigenvalue weighted by Gasteiger charge is 2.37. The summed E-state index contributed by atoms with van der Waals surface area (Å²) < 4.78 is 5.93. The van der Waals surface area contributed by atoms with Gasteiger partial charge in [0.15, 0.2) is 0 Å². The molecule has 2 rings (SSSR count). The molecule has 0 bridgehead atoms. The van der Waals surface area contributed by atoms with E-state index in [2.05, 4.69) is 25.2 Å². The van der Waals surface area contributed by atoms with E-state index in [9.17, 15) is 5.11 Å². The molecule has 1 aromatic rings. The van der Waals surface area contributed by atoms with Crippen LogP contribution < -0.4 is 11.1 Å². The fourth-order valence-corrected chi connectivity index (χ4v) is 2.66. The van der Waals surface area contributed by atoms with Crippen molar-refractivity contribution in [2.45, 2.75) is 57.7 Å². The van der Waals surface area contributed by atoms with Crippen LogP contribution in [0.3, 0.4) is 0 Å². The molecule has 5 unspecified atom stereocenters. The first kappa shape index (κ1) is 14.6. The zero-order chi connectivity index (χ0) is 14.0. The molecule has 5 atom stereocenters. The normalized spacial score (nSPS) is 27.0. The van der Waals surface area contributed by atoms with Gasteiger partial charge in [0.25, 0.3) is 0 Å². The molecule has 0 spiro atoms. The van der Waals surface area contributed by atoms with E-state index in [1.807, 2.05) is 6.07 Å². The third-order valence-corrected chi connectivity index (χ3v) is 3.88. The molecule has 1 aromatic heterocycles. The number of nitrogens with one attached hydrogen (secondary N) is 1. The number of rotatable bonds is 7. The average molecular weight is 266 g/mol. The second kappa shape index (κ2) is 6.07. The van der Waals surface area contributed by atoms with E-state index in [0.717, 1.165) is 17.4 Å². The Bertz CT molecular complexity index is 403. The number of hydrogen-bond acceptors (Lipinski definition) is 4. The lowest BCUT2D eigenvalue weighted by Gasteiger charge is -2.21. The largest absolute Gasteiger partial charge is 0.464 e. The molecule has 0 amide bonds. The summed E-state index contributed by atoms with van der Waals surface area (Å²) in [6.07, 6.45) is 1.64. The first-order chi connectivity index (χ1) is 9.01. The molecule has 1 saturated carbocycles. The smallest absolute Gasteiger partial charge is 0.122 e. The molecule has 1 heterocycles. The van der Waals surface area contributed by atoms with Gasteiger partial charge in [0, 0.05) is 18.5 Å². The van der Waals surface area contributed by atoms with Crippen LogP contribution in [-0.2, 0) is 0 Å². The molecule has 108 valence electrons. The summed E-state index contributed by atoms with van der Waals surface area (Å²) in [6.45, 7) is 6.60. The molecule has 0 radical (unpaired) electrons. The molecule has 4 heteroatoms. The van der Waals surface area contributed by atoms with Crippen LogP contribution >= 0.6 is 0 Å². The number of aliphatic hydroxyl groups is 1. The van der Waals surface area contributed by atoms with Gasteiger partial charge in [-0.1, -0.05) is 6.92 Å². The minimum atomic E-state index is -0.305. The van der Waals surface area contributed by atoms with Crippen molar-refractivity contribution in [2.75, 3.05) is 6.54 Å². The van der Waals surface area contributed by atoms with Gasteiger partial charge in [-0.3, -0.25) is 0 Å². The van der Waals surface area contributed by atoms with Crippen molar-refractivity contribution in [2.24, 2.45) is 11.7 Å². The van der Waals surface area contributed by atoms with Crippen LogP contribution in [0.4, 0.5) is 0 Å². The molecular formula is C15H26N2O2. The van der Waals surface area contributed by atoms with Gasteiger partial charge in [0.1, 0.15) is 11.5 Å². The lowest BCUT2D eigenvalue weighted by atomic mass is 10.1. The summed E-state index contributed by atoms with van der Waals surface area (Å²) in [7, 11) is 0. The molecule has 4 N–H and O–H groups in total. The SMILES string of the molecule is CC(O)CC(C)NC(CN)c1ccc(C2CC2C)o1. The number of furan rings is 1. The lowest BCUT2D eigenvalue weighted by molar-refractivity contribution is 0.166. The first-order valence-corrected chi connectivity index (χ1v) is 7.25. The maximum atomic E-state index is 9.40. The zero-order valence-corrected chi connectivity index (χ0v) is 12.1. The van der Waals surface area contributed by atoms with Gasteiger partial charge in [-0.05, 0) is 44.7 Å². The summed E-state index contributed by atoms with van der Waals surface area (Å²) >= 11 is 0. The van der Waals surface area contributed by atoms with Crippen molar-refractivity contribution in [3.05, 3.63) is 23.7 Å². The van der Waals surface area contributed by atoms with Gasteiger partial charge in [0.2, 0.25) is 0 Å². The fraction of sp³-hybridized carbons (Fsp3) is 0.733. The minimum Gasteiger partial charge on any atom is -0.464 e. The second-order valence-electron chi connectivity index (χ2n) is 6.00. The fourth-order valence-electron chi connectivity index (χ4n) is 2.66. The van der Waals surface area contributed by atoms with Gasteiger partial charge in [0.05, 0.1) is 12.1 Å². The van der Waals surface area contributed by atoms with E-state index >= 15 is 0 Å². The van der Waals surface area contributed by atoms with Gasteiger partial charge < -0.3 is 20.6 Å². The third-order valence-electron chi connectivity index (χ3n) is 3.88. The van der Waals surface area contributed by atoms with Crippen molar-refractivity contribution < 1.29 is 9.52 Å². The molecule has 1 aliphatic carbocycles. The Balaban J connectivity index is 1.95. The van der Waals surface area contributed by atoms with E-state index < -0.39 is 0 Å². The van der Waals surface area contributed by atoms with Gasteiger partial charge in [-0.25, -0.2) is 0 Å². The number of nitrogens with two attached hydrogens (primary N) is 1. The molecule has 0 saturated heterocycles. The molecule has 1 aliphatic rings. The lowest BCUT2D eigenvalue weighted by Crippen LogP contribution is -2.36. The predicted molar refractivity (Wildman–Crippen MR) is 75.9 cm³/mol. The van der Waals surface area contributed by atoms with Crippen LogP contribution in [0, 0.1) is 5.92 Å². The first-order valence-electron chi connectivity index (χ1n) is 7.25. The van der Waals surface area contributed by atoms with Crippen LogP contribution in [0.2, 0.25) is 0 Å². The zero-order valence-electron chi connectivity index (χ0n) is 12.1. The van der Waals surface area contributed by atoms with E-state index in [-0.39, 0.29) is 18.2 Å². The Morgan fingerprint density at radius 2 is 2.16 bits per heavy atom. The maximum Gasteiger partial charge on any atom is 0.122 e. The van der Waals surface area contributed by atoms with Crippen molar-refractivity contribution >= 4 is 0 Å². The second-order valence-corrected chi connectivity index (χ2v) is 6.00. The molecule has 1 fully saturated rings. The van der Waals surface area contributed by atoms with Crippen LogP contribution in [0.5, 0.6) is 0 Å². The predicted octanol–water partition coefficient (Wildman–Crippen LogP) is 2.15. The van der Waals surface area contributed by atoms with Crippen LogP contribution in [0.1, 0.15) is 57.1 Å². The summed E-state index contributed by atoms with van der Waals surface area (Å²) in [5.74, 6) is 3.35. The third kappa shape index (κ3) is 3.81. The molecule has 0 aliphatic heterocycles. The highest BCUT2D eigenvalue weighted by molar-refractivity contribution is 5.19. The standard InChI is InChI=1S/C15H26N2O2/c1-9-6-12(9)14-4-5-15(19-14)13(8-16)17-10(2)7-11(3)18/h4-5,9-13,17-18H,6-8,16H2,1-3H3. The van der Waals surface area contributed by atoms with Crippen molar-refractivity contribution in [3.8, 4) is 0 Å². The van der Waals surface area contributed by atoms with Crippen LogP contribution in [0.25, 0.3) is 0 Å². The average Bonchev–Trinajstić information content (AvgIpc) is 2.89. The summed E-state index contributed by atoms with van der Waals surface area (Å²) in [5, 5.41) is 12.8. The number of aliphatic hydroxyl groups excluding tert-OH is 1. The molecular weight excluding hydrogens is 240 g/mol. The summed E-state index contributed by atoms with van der Waals surface area (Å²) in [6, 6.07) is 4.34. The Hall–Kier alpha value is -0.840. The maximum absolute atomic E-state index is 9.40. The highest BCUT2D eigenvalue weighted by atomic mass is 16.3. The topological polar surface area (TPSA) is 71.4 Å². The monoisotopic (exact) mass is 266 g/mol. The van der Waals surface area contributed by atoms with Crippen LogP contribution in [0.15, 0.2) is 16.5 Å². The van der Waals surface area contributed by atoms with Crippen molar-refractivity contribution in [3.63, 3.8) is 0 Å². The van der Waals surface area contributed by atoms with E-state index in [1.54, 1.807) is 6.92 Å². The van der Waals surface area contributed by atoms with E-state index in [1.165, 1.54) is 6.42 Å². The Morgan fingerprint density at radius 3 is 2.68 bits per heavy atom. The summed E-state index contributed by atoms with van der Waals surface area (Å²) in [5.41, 5.74) is 5.83. The molecule has 0 aromatic carbocycles.